The molecule has 2 aromatic carbocycles. The van der Waals surface area contributed by atoms with E-state index in [-0.39, 0.29) is 5.91 Å². The Kier molecular flexibility index (Phi) is 3.63. The molecule has 1 N–H and O–H groups in total. The second-order valence-corrected chi connectivity index (χ2v) is 4.26. The third-order valence-corrected chi connectivity index (χ3v) is 2.68. The number of carbonyl (C=O) groups excluding carboxylic acids is 1. The Hall–Kier alpha value is -2.29. The maximum Gasteiger partial charge on any atom is 0.255 e. The van der Waals surface area contributed by atoms with Crippen molar-refractivity contribution in [2.24, 2.45) is 0 Å². The molecular weight excluding hydrogens is 224 g/mol. The second kappa shape index (κ2) is 5.36. The largest absolute Gasteiger partial charge is 0.378 e. The minimum atomic E-state index is -0.0912. The van der Waals surface area contributed by atoms with Gasteiger partial charge in [0.25, 0.3) is 5.91 Å². The zero-order chi connectivity index (χ0) is 13.0. The first kappa shape index (κ1) is 12.2. The first-order valence-corrected chi connectivity index (χ1v) is 5.80. The van der Waals surface area contributed by atoms with E-state index in [9.17, 15) is 4.79 Å². The number of rotatable bonds is 3. The lowest BCUT2D eigenvalue weighted by Crippen LogP contribution is -2.13. The molecule has 0 aromatic heterocycles. The molecule has 18 heavy (non-hydrogen) atoms. The van der Waals surface area contributed by atoms with Crippen LogP contribution in [0, 0.1) is 0 Å². The molecule has 2 aromatic rings. The minimum Gasteiger partial charge on any atom is -0.378 e. The van der Waals surface area contributed by atoms with Crippen LogP contribution >= 0.6 is 0 Å². The van der Waals surface area contributed by atoms with Gasteiger partial charge in [0.05, 0.1) is 0 Å². The van der Waals surface area contributed by atoms with Crippen LogP contribution < -0.4 is 10.2 Å². The normalized spacial score (nSPS) is 9.89. The van der Waals surface area contributed by atoms with Gasteiger partial charge < -0.3 is 10.2 Å². The number of hydrogen-bond donors (Lipinski definition) is 1. The molecule has 2 rings (SSSR count). The van der Waals surface area contributed by atoms with E-state index in [1.165, 1.54) is 0 Å². The molecule has 1 amide bonds. The monoisotopic (exact) mass is 240 g/mol. The van der Waals surface area contributed by atoms with Crippen molar-refractivity contribution >= 4 is 17.3 Å². The van der Waals surface area contributed by atoms with Crippen LogP contribution in [-0.4, -0.2) is 20.0 Å². The van der Waals surface area contributed by atoms with Crippen molar-refractivity contribution in [3.63, 3.8) is 0 Å². The highest BCUT2D eigenvalue weighted by atomic mass is 16.1. The fourth-order valence-corrected chi connectivity index (χ4v) is 1.64. The molecule has 0 heterocycles. The average molecular weight is 240 g/mol. The molecule has 0 unspecified atom stereocenters. The summed E-state index contributed by atoms with van der Waals surface area (Å²) in [4.78, 5) is 14.0. The highest BCUT2D eigenvalue weighted by Crippen LogP contribution is 2.14. The Morgan fingerprint density at radius 3 is 2.11 bits per heavy atom. The first-order chi connectivity index (χ1) is 8.66. The van der Waals surface area contributed by atoms with Gasteiger partial charge >= 0.3 is 0 Å². The molecule has 0 spiro atoms. The summed E-state index contributed by atoms with van der Waals surface area (Å²) in [5.41, 5.74) is 2.54. The highest BCUT2D eigenvalue weighted by Gasteiger charge is 2.05. The van der Waals surface area contributed by atoms with E-state index in [0.717, 1.165) is 11.4 Å². The highest BCUT2D eigenvalue weighted by molar-refractivity contribution is 6.04. The van der Waals surface area contributed by atoms with Crippen molar-refractivity contribution < 1.29 is 4.79 Å². The van der Waals surface area contributed by atoms with Gasteiger partial charge in [-0.05, 0) is 36.4 Å². The summed E-state index contributed by atoms with van der Waals surface area (Å²) in [6.07, 6.45) is 0. The summed E-state index contributed by atoms with van der Waals surface area (Å²) in [6, 6.07) is 17.0. The number of hydrogen-bond acceptors (Lipinski definition) is 2. The number of nitrogens with zero attached hydrogens (tertiary/aromatic N) is 1. The summed E-state index contributed by atoms with van der Waals surface area (Å²) in [6.45, 7) is 0. The zero-order valence-corrected chi connectivity index (χ0v) is 10.6. The lowest BCUT2D eigenvalue weighted by atomic mass is 10.2. The van der Waals surface area contributed by atoms with E-state index in [2.05, 4.69) is 5.32 Å². The summed E-state index contributed by atoms with van der Waals surface area (Å²) in [5, 5.41) is 2.85. The van der Waals surface area contributed by atoms with Crippen molar-refractivity contribution in [2.45, 2.75) is 0 Å². The van der Waals surface area contributed by atoms with Gasteiger partial charge in [-0.25, -0.2) is 0 Å². The predicted octanol–water partition coefficient (Wildman–Crippen LogP) is 3.00. The van der Waals surface area contributed by atoms with Crippen LogP contribution in [0.15, 0.2) is 54.6 Å². The molecule has 0 aliphatic carbocycles. The van der Waals surface area contributed by atoms with Crippen LogP contribution in [0.5, 0.6) is 0 Å². The lowest BCUT2D eigenvalue weighted by Gasteiger charge is -2.12. The van der Waals surface area contributed by atoms with Crippen molar-refractivity contribution in [1.29, 1.82) is 0 Å². The smallest absolute Gasteiger partial charge is 0.255 e. The second-order valence-electron chi connectivity index (χ2n) is 4.26. The Morgan fingerprint density at radius 1 is 0.944 bits per heavy atom. The molecule has 3 heteroatoms. The number of benzene rings is 2. The fraction of sp³-hybridized carbons (Fsp3) is 0.133. The van der Waals surface area contributed by atoms with E-state index in [0.29, 0.717) is 5.56 Å². The van der Waals surface area contributed by atoms with Crippen molar-refractivity contribution in [3.05, 3.63) is 60.2 Å². The quantitative estimate of drug-likeness (QED) is 0.894. The van der Waals surface area contributed by atoms with E-state index >= 15 is 0 Å². The molecular formula is C15H16N2O. The van der Waals surface area contributed by atoms with Crippen molar-refractivity contribution in [2.75, 3.05) is 24.3 Å². The summed E-state index contributed by atoms with van der Waals surface area (Å²) in [5.74, 6) is -0.0912. The zero-order valence-electron chi connectivity index (χ0n) is 10.6. The summed E-state index contributed by atoms with van der Waals surface area (Å²) >= 11 is 0. The van der Waals surface area contributed by atoms with Gasteiger partial charge in [-0.3, -0.25) is 4.79 Å². The third-order valence-electron chi connectivity index (χ3n) is 2.68. The molecule has 0 atom stereocenters. The van der Waals surface area contributed by atoms with Gasteiger partial charge in [-0.2, -0.15) is 0 Å². The van der Waals surface area contributed by atoms with Gasteiger partial charge in [0.1, 0.15) is 0 Å². The van der Waals surface area contributed by atoms with Crippen LogP contribution in [0.25, 0.3) is 0 Å². The van der Waals surface area contributed by atoms with Crippen LogP contribution in [-0.2, 0) is 0 Å². The average Bonchev–Trinajstić information content (AvgIpc) is 2.40. The van der Waals surface area contributed by atoms with Gasteiger partial charge in [-0.1, -0.05) is 18.2 Å². The molecule has 0 fully saturated rings. The van der Waals surface area contributed by atoms with Gasteiger partial charge in [0, 0.05) is 31.0 Å². The number of nitrogens with one attached hydrogen (secondary N) is 1. The van der Waals surface area contributed by atoms with Gasteiger partial charge in [0.15, 0.2) is 0 Å². The van der Waals surface area contributed by atoms with Crippen molar-refractivity contribution in [1.82, 2.24) is 0 Å². The number of carbonyl (C=O) groups is 1. The first-order valence-electron chi connectivity index (χ1n) is 5.80. The van der Waals surface area contributed by atoms with E-state index in [4.69, 9.17) is 0 Å². The van der Waals surface area contributed by atoms with Crippen molar-refractivity contribution in [3.8, 4) is 0 Å². The molecule has 0 aliphatic heterocycles. The number of para-hydroxylation sites is 1. The Morgan fingerprint density at radius 2 is 1.56 bits per heavy atom. The molecule has 0 saturated heterocycles. The van der Waals surface area contributed by atoms with Crippen LogP contribution in [0.1, 0.15) is 10.4 Å². The maximum absolute atomic E-state index is 12.0. The van der Waals surface area contributed by atoms with E-state index in [1.807, 2.05) is 73.6 Å². The summed E-state index contributed by atoms with van der Waals surface area (Å²) in [7, 11) is 3.94. The third kappa shape index (κ3) is 2.88. The molecule has 92 valence electrons. The molecule has 0 aliphatic rings. The molecule has 3 nitrogen and oxygen atoms in total. The Bertz CT molecular complexity index is 518. The summed E-state index contributed by atoms with van der Waals surface area (Å²) < 4.78 is 0. The lowest BCUT2D eigenvalue weighted by molar-refractivity contribution is 0.102. The Balaban J connectivity index is 2.10. The van der Waals surface area contributed by atoms with Crippen LogP contribution in [0.4, 0.5) is 11.4 Å². The molecule has 0 saturated carbocycles. The van der Waals surface area contributed by atoms with Crippen LogP contribution in [0.2, 0.25) is 0 Å². The topological polar surface area (TPSA) is 32.3 Å². The molecule has 0 bridgehead atoms. The van der Waals surface area contributed by atoms with E-state index in [1.54, 1.807) is 0 Å². The van der Waals surface area contributed by atoms with Gasteiger partial charge in [-0.15, -0.1) is 0 Å². The maximum atomic E-state index is 12.0. The number of anilines is 2. The fourth-order valence-electron chi connectivity index (χ4n) is 1.64. The number of amides is 1. The minimum absolute atomic E-state index is 0.0912. The standard InChI is InChI=1S/C15H16N2O/c1-17(2)14-10-8-12(9-11-14)15(18)16-13-6-4-3-5-7-13/h3-11H,1-2H3,(H,16,18). The van der Waals surface area contributed by atoms with E-state index < -0.39 is 0 Å². The van der Waals surface area contributed by atoms with Crippen LogP contribution in [0.3, 0.4) is 0 Å². The molecule has 0 radical (unpaired) electrons. The SMILES string of the molecule is CN(C)c1ccc(C(=O)Nc2ccccc2)cc1. The predicted molar refractivity (Wildman–Crippen MR) is 75.2 cm³/mol. The Labute approximate surface area is 107 Å². The van der Waals surface area contributed by atoms with Gasteiger partial charge in [0.2, 0.25) is 0 Å².